The van der Waals surface area contributed by atoms with Crippen LogP contribution in [0.5, 0.6) is 0 Å². The van der Waals surface area contributed by atoms with Crippen LogP contribution in [-0.2, 0) is 16.8 Å². The van der Waals surface area contributed by atoms with E-state index < -0.39 is 0 Å². The van der Waals surface area contributed by atoms with Gasteiger partial charge in [0.1, 0.15) is 6.04 Å². The molecule has 3 aromatic rings. The van der Waals surface area contributed by atoms with Crippen molar-refractivity contribution in [3.05, 3.63) is 71.1 Å². The molecule has 1 fully saturated rings. The zero-order valence-corrected chi connectivity index (χ0v) is 17.5. The molecule has 29 heavy (non-hydrogen) atoms. The van der Waals surface area contributed by atoms with Crippen LogP contribution in [-0.4, -0.2) is 20.9 Å². The fourth-order valence-corrected chi connectivity index (χ4v) is 3.69. The molecule has 1 amide bonds. The quantitative estimate of drug-likeness (QED) is 0.615. The van der Waals surface area contributed by atoms with Crippen molar-refractivity contribution in [2.45, 2.75) is 58.5 Å². The minimum atomic E-state index is -0.168. The Morgan fingerprint density at radius 3 is 2.41 bits per heavy atom. The van der Waals surface area contributed by atoms with Gasteiger partial charge in [-0.05, 0) is 29.9 Å². The van der Waals surface area contributed by atoms with Crippen molar-refractivity contribution >= 4 is 5.91 Å². The van der Waals surface area contributed by atoms with E-state index in [0.29, 0.717) is 31.1 Å². The van der Waals surface area contributed by atoms with E-state index >= 15 is 0 Å². The topological polar surface area (TPSA) is 59.2 Å². The number of hydrogen-bond donors (Lipinski definition) is 0. The SMILES string of the molecule is Cc1ccc(CN2C(=O)CCC2c2nc(-c3ccc(C(C)(C)C)cc3)no2)cc1. The number of likely N-dealkylation sites (tertiary alicyclic amines) is 1. The van der Waals surface area contributed by atoms with Gasteiger partial charge >= 0.3 is 0 Å². The Bertz CT molecular complexity index is 998. The molecule has 1 saturated heterocycles. The maximum absolute atomic E-state index is 12.5. The Morgan fingerprint density at radius 2 is 1.76 bits per heavy atom. The Hall–Kier alpha value is -2.95. The first-order valence-corrected chi connectivity index (χ1v) is 10.1. The fraction of sp³-hybridized carbons (Fsp3) is 0.375. The number of benzene rings is 2. The van der Waals surface area contributed by atoms with Crippen LogP contribution in [0, 0.1) is 6.92 Å². The van der Waals surface area contributed by atoms with Gasteiger partial charge in [0.2, 0.25) is 17.6 Å². The van der Waals surface area contributed by atoms with Crippen LogP contribution in [0.2, 0.25) is 0 Å². The standard InChI is InChI=1S/C24H27N3O2/c1-16-5-7-17(8-6-16)15-27-20(13-14-21(27)28)23-25-22(26-29-23)18-9-11-19(12-10-18)24(2,3)4/h5-12,20H,13-15H2,1-4H3. The van der Waals surface area contributed by atoms with Crippen molar-refractivity contribution in [2.75, 3.05) is 0 Å². The van der Waals surface area contributed by atoms with Gasteiger partial charge in [0.05, 0.1) is 0 Å². The molecule has 0 radical (unpaired) electrons. The summed E-state index contributed by atoms with van der Waals surface area (Å²) in [7, 11) is 0. The van der Waals surface area contributed by atoms with E-state index in [1.807, 2.05) is 17.0 Å². The predicted octanol–water partition coefficient (Wildman–Crippen LogP) is 5.21. The molecular formula is C24H27N3O2. The van der Waals surface area contributed by atoms with Crippen LogP contribution in [0.15, 0.2) is 53.1 Å². The van der Waals surface area contributed by atoms with Crippen molar-refractivity contribution in [1.82, 2.24) is 15.0 Å². The minimum absolute atomic E-state index is 0.0988. The molecule has 1 aliphatic rings. The van der Waals surface area contributed by atoms with Gasteiger partial charge in [0.25, 0.3) is 0 Å². The molecule has 0 spiro atoms. The molecule has 1 aliphatic heterocycles. The summed E-state index contributed by atoms with van der Waals surface area (Å²) in [6.07, 6.45) is 1.21. The van der Waals surface area contributed by atoms with Gasteiger partial charge in [-0.3, -0.25) is 4.79 Å². The second kappa shape index (κ2) is 7.47. The number of aryl methyl sites for hydroxylation is 1. The van der Waals surface area contributed by atoms with Crippen LogP contribution in [0.4, 0.5) is 0 Å². The normalized spacial score (nSPS) is 17.2. The number of carbonyl (C=O) groups excluding carboxylic acids is 1. The molecule has 1 unspecified atom stereocenters. The third kappa shape index (κ3) is 4.09. The first-order valence-electron chi connectivity index (χ1n) is 10.1. The zero-order valence-electron chi connectivity index (χ0n) is 17.5. The smallest absolute Gasteiger partial charge is 0.249 e. The van der Waals surface area contributed by atoms with Crippen LogP contribution >= 0.6 is 0 Å². The highest BCUT2D eigenvalue weighted by atomic mass is 16.5. The van der Waals surface area contributed by atoms with Crippen LogP contribution in [0.3, 0.4) is 0 Å². The third-order valence-electron chi connectivity index (χ3n) is 5.54. The highest BCUT2D eigenvalue weighted by Crippen LogP contribution is 2.34. The summed E-state index contributed by atoms with van der Waals surface area (Å²) in [6, 6.07) is 16.4. The molecule has 0 bridgehead atoms. The van der Waals surface area contributed by atoms with Gasteiger partial charge < -0.3 is 9.42 Å². The van der Waals surface area contributed by atoms with Crippen LogP contribution in [0.1, 0.15) is 62.2 Å². The lowest BCUT2D eigenvalue weighted by Gasteiger charge is -2.22. The number of hydrogen-bond acceptors (Lipinski definition) is 4. The third-order valence-corrected chi connectivity index (χ3v) is 5.54. The van der Waals surface area contributed by atoms with E-state index in [9.17, 15) is 4.79 Å². The zero-order chi connectivity index (χ0) is 20.6. The summed E-state index contributed by atoms with van der Waals surface area (Å²) in [6.45, 7) is 9.18. The Kier molecular flexibility index (Phi) is 4.99. The number of rotatable bonds is 4. The number of carbonyl (C=O) groups is 1. The molecular weight excluding hydrogens is 362 g/mol. The molecule has 1 aromatic heterocycles. The van der Waals surface area contributed by atoms with Crippen molar-refractivity contribution in [1.29, 1.82) is 0 Å². The molecule has 0 aliphatic carbocycles. The van der Waals surface area contributed by atoms with Crippen LogP contribution < -0.4 is 0 Å². The van der Waals surface area contributed by atoms with Gasteiger partial charge in [-0.25, -0.2) is 0 Å². The molecule has 150 valence electrons. The van der Waals surface area contributed by atoms with Gasteiger partial charge in [-0.1, -0.05) is 80.0 Å². The Morgan fingerprint density at radius 1 is 1.07 bits per heavy atom. The highest BCUT2D eigenvalue weighted by molar-refractivity contribution is 5.78. The van der Waals surface area contributed by atoms with E-state index in [1.165, 1.54) is 11.1 Å². The van der Waals surface area contributed by atoms with Crippen molar-refractivity contribution < 1.29 is 9.32 Å². The van der Waals surface area contributed by atoms with E-state index in [1.54, 1.807) is 0 Å². The Labute approximate surface area is 171 Å². The lowest BCUT2D eigenvalue weighted by Crippen LogP contribution is -2.27. The molecule has 1 atom stereocenters. The number of amides is 1. The average Bonchev–Trinajstić information content (AvgIpc) is 3.30. The maximum atomic E-state index is 12.5. The first kappa shape index (κ1) is 19.4. The first-order chi connectivity index (χ1) is 13.8. The van der Waals surface area contributed by atoms with Crippen molar-refractivity contribution in [2.24, 2.45) is 0 Å². The van der Waals surface area contributed by atoms with Crippen LogP contribution in [0.25, 0.3) is 11.4 Å². The predicted molar refractivity (Wildman–Crippen MR) is 112 cm³/mol. The average molecular weight is 389 g/mol. The van der Waals surface area contributed by atoms with E-state index in [-0.39, 0.29) is 17.4 Å². The summed E-state index contributed by atoms with van der Waals surface area (Å²) in [4.78, 5) is 18.9. The van der Waals surface area contributed by atoms with E-state index in [2.05, 4.69) is 74.2 Å². The van der Waals surface area contributed by atoms with Gasteiger partial charge in [0.15, 0.2) is 0 Å². The van der Waals surface area contributed by atoms with Crippen molar-refractivity contribution in [3.8, 4) is 11.4 Å². The molecule has 4 rings (SSSR count). The molecule has 2 heterocycles. The lowest BCUT2D eigenvalue weighted by molar-refractivity contribution is -0.129. The largest absolute Gasteiger partial charge is 0.337 e. The maximum Gasteiger partial charge on any atom is 0.249 e. The van der Waals surface area contributed by atoms with Crippen molar-refractivity contribution in [3.63, 3.8) is 0 Å². The summed E-state index contributed by atoms with van der Waals surface area (Å²) >= 11 is 0. The second-order valence-corrected chi connectivity index (χ2v) is 8.85. The van der Waals surface area contributed by atoms with E-state index in [4.69, 9.17) is 4.52 Å². The minimum Gasteiger partial charge on any atom is -0.337 e. The summed E-state index contributed by atoms with van der Waals surface area (Å²) in [5, 5.41) is 4.18. The Balaban J connectivity index is 1.54. The second-order valence-electron chi connectivity index (χ2n) is 8.85. The van der Waals surface area contributed by atoms with E-state index in [0.717, 1.165) is 11.1 Å². The monoisotopic (exact) mass is 389 g/mol. The lowest BCUT2D eigenvalue weighted by atomic mass is 9.87. The summed E-state index contributed by atoms with van der Waals surface area (Å²) < 4.78 is 5.58. The van der Waals surface area contributed by atoms with Gasteiger partial charge in [0, 0.05) is 18.5 Å². The summed E-state index contributed by atoms with van der Waals surface area (Å²) in [5.41, 5.74) is 4.59. The molecule has 0 N–H and O–H groups in total. The van der Waals surface area contributed by atoms with Gasteiger partial charge in [-0.2, -0.15) is 4.98 Å². The highest BCUT2D eigenvalue weighted by Gasteiger charge is 2.36. The molecule has 5 heteroatoms. The fourth-order valence-electron chi connectivity index (χ4n) is 3.69. The van der Waals surface area contributed by atoms with Gasteiger partial charge in [-0.15, -0.1) is 0 Å². The number of aromatic nitrogens is 2. The summed E-state index contributed by atoms with van der Waals surface area (Å²) in [5.74, 6) is 1.21. The molecule has 5 nitrogen and oxygen atoms in total. The molecule has 2 aromatic carbocycles. The number of nitrogens with zero attached hydrogens (tertiary/aromatic N) is 3. The molecule has 0 saturated carbocycles.